The molecule has 9 N–H and O–H groups in total. The summed E-state index contributed by atoms with van der Waals surface area (Å²) in [6.07, 6.45) is 7.41. The molecule has 0 rings (SSSR count). The SMILES string of the molecule is CC(=O)O.CC(=O)O.CC(=O)O.CCCCCCCCNC(=N)NC(=N)N. The number of carbonyl (C=O) groups is 3. The molecule has 0 aromatic rings. The second-order valence-corrected chi connectivity index (χ2v) is 5.17. The van der Waals surface area contributed by atoms with Gasteiger partial charge >= 0.3 is 0 Å². The van der Waals surface area contributed by atoms with E-state index < -0.39 is 17.9 Å². The maximum atomic E-state index is 9.00. The number of nitrogens with one attached hydrogen (secondary N) is 4. The summed E-state index contributed by atoms with van der Waals surface area (Å²) >= 11 is 0. The topological polar surface area (TPSA) is 210 Å². The molecule has 11 heteroatoms. The van der Waals surface area contributed by atoms with Crippen LogP contribution in [-0.2, 0) is 14.4 Å². The van der Waals surface area contributed by atoms with E-state index >= 15 is 0 Å². The van der Waals surface area contributed by atoms with Gasteiger partial charge in [0.15, 0.2) is 11.9 Å². The molecule has 0 spiro atoms. The zero-order valence-electron chi connectivity index (χ0n) is 16.6. The van der Waals surface area contributed by atoms with Crippen molar-refractivity contribution in [3.05, 3.63) is 0 Å². The number of guanidine groups is 2. The Balaban J connectivity index is -0.000000179. The van der Waals surface area contributed by atoms with Crippen molar-refractivity contribution in [1.82, 2.24) is 10.6 Å². The van der Waals surface area contributed by atoms with E-state index in [4.69, 9.17) is 46.3 Å². The molecule has 160 valence electrons. The summed E-state index contributed by atoms with van der Waals surface area (Å²) in [5.41, 5.74) is 5.07. The van der Waals surface area contributed by atoms with Crippen molar-refractivity contribution in [2.75, 3.05) is 6.54 Å². The smallest absolute Gasteiger partial charge is 0.300 e. The molecular weight excluding hydrogens is 358 g/mol. The number of hydrogen-bond acceptors (Lipinski definition) is 5. The second kappa shape index (κ2) is 25.4. The minimum absolute atomic E-state index is 0.107. The molecule has 0 aliphatic rings. The lowest BCUT2D eigenvalue weighted by molar-refractivity contribution is -0.135. The van der Waals surface area contributed by atoms with E-state index in [-0.39, 0.29) is 11.9 Å². The van der Waals surface area contributed by atoms with Gasteiger partial charge in [0.25, 0.3) is 17.9 Å². The van der Waals surface area contributed by atoms with Crippen molar-refractivity contribution < 1.29 is 29.7 Å². The Hall–Kier alpha value is -2.85. The van der Waals surface area contributed by atoms with Crippen LogP contribution in [0.2, 0.25) is 0 Å². The quantitative estimate of drug-likeness (QED) is 0.179. The number of carboxylic acids is 3. The number of aliphatic carboxylic acids is 3. The maximum Gasteiger partial charge on any atom is 0.300 e. The predicted octanol–water partition coefficient (Wildman–Crippen LogP) is 1.63. The van der Waals surface area contributed by atoms with Gasteiger partial charge < -0.3 is 26.4 Å². The van der Waals surface area contributed by atoms with Gasteiger partial charge in [-0.1, -0.05) is 39.0 Å². The first-order valence-corrected chi connectivity index (χ1v) is 8.38. The molecule has 0 unspecified atom stereocenters. The van der Waals surface area contributed by atoms with Gasteiger partial charge in [0.1, 0.15) is 0 Å². The van der Waals surface area contributed by atoms with E-state index in [1.807, 2.05) is 0 Å². The van der Waals surface area contributed by atoms with E-state index in [0.717, 1.165) is 33.7 Å². The van der Waals surface area contributed by atoms with E-state index in [2.05, 4.69) is 17.6 Å². The van der Waals surface area contributed by atoms with Gasteiger partial charge in [-0.25, -0.2) is 0 Å². The Bertz CT molecular complexity index is 389. The molecule has 0 heterocycles. The number of carboxylic acid groups (broad SMARTS) is 3. The van der Waals surface area contributed by atoms with Crippen molar-refractivity contribution in [3.8, 4) is 0 Å². The van der Waals surface area contributed by atoms with Crippen LogP contribution in [0.15, 0.2) is 0 Å². The number of nitrogens with two attached hydrogens (primary N) is 1. The van der Waals surface area contributed by atoms with E-state index in [0.29, 0.717) is 0 Å². The summed E-state index contributed by atoms with van der Waals surface area (Å²) in [6, 6.07) is 0. The third-order valence-electron chi connectivity index (χ3n) is 2.09. The first-order valence-electron chi connectivity index (χ1n) is 8.38. The molecular formula is C16H35N5O6. The number of hydrogen-bond donors (Lipinski definition) is 8. The van der Waals surface area contributed by atoms with E-state index in [1.54, 1.807) is 0 Å². The molecule has 0 bridgehead atoms. The summed E-state index contributed by atoms with van der Waals surface area (Å²) < 4.78 is 0. The van der Waals surface area contributed by atoms with Crippen molar-refractivity contribution in [3.63, 3.8) is 0 Å². The average Bonchev–Trinajstić information content (AvgIpc) is 2.43. The summed E-state index contributed by atoms with van der Waals surface area (Å²) in [6.45, 7) is 6.22. The lowest BCUT2D eigenvalue weighted by Gasteiger charge is -2.08. The molecule has 0 atom stereocenters. The molecule has 0 fully saturated rings. The maximum absolute atomic E-state index is 9.00. The van der Waals surface area contributed by atoms with Crippen molar-refractivity contribution in [1.29, 1.82) is 10.8 Å². The molecule has 0 aliphatic heterocycles. The van der Waals surface area contributed by atoms with Crippen LogP contribution in [0.4, 0.5) is 0 Å². The highest BCUT2D eigenvalue weighted by Crippen LogP contribution is 2.03. The van der Waals surface area contributed by atoms with Crippen LogP contribution in [0, 0.1) is 10.8 Å². The predicted molar refractivity (Wildman–Crippen MR) is 104 cm³/mol. The fourth-order valence-electron chi connectivity index (χ4n) is 1.30. The Morgan fingerprint density at radius 1 is 0.815 bits per heavy atom. The Morgan fingerprint density at radius 2 is 1.15 bits per heavy atom. The first-order chi connectivity index (χ1) is 12.4. The molecule has 27 heavy (non-hydrogen) atoms. The van der Waals surface area contributed by atoms with Crippen LogP contribution in [-0.4, -0.2) is 51.7 Å². The standard InChI is InChI=1S/C10H23N5.3C2H4O2/c1-2-3-4-5-6-7-8-14-10(13)15-9(11)12;3*1-2(3)4/h2-8H2,1H3,(H6,11,12,13,14,15);3*1H3,(H,3,4). The van der Waals surface area contributed by atoms with E-state index in [1.165, 1.54) is 32.1 Å². The molecule has 0 aromatic heterocycles. The van der Waals surface area contributed by atoms with Crippen LogP contribution in [0.25, 0.3) is 0 Å². The van der Waals surface area contributed by atoms with Crippen LogP contribution in [0.1, 0.15) is 66.2 Å². The van der Waals surface area contributed by atoms with Gasteiger partial charge in [-0.3, -0.25) is 30.5 Å². The molecule has 0 aliphatic carbocycles. The molecule has 0 amide bonds. The van der Waals surface area contributed by atoms with Gasteiger partial charge in [-0.15, -0.1) is 0 Å². The Labute approximate surface area is 160 Å². The van der Waals surface area contributed by atoms with Crippen LogP contribution in [0.3, 0.4) is 0 Å². The van der Waals surface area contributed by atoms with Crippen molar-refractivity contribution in [2.45, 2.75) is 66.2 Å². The molecule has 0 radical (unpaired) electrons. The highest BCUT2D eigenvalue weighted by Gasteiger charge is 1.95. The Morgan fingerprint density at radius 3 is 1.48 bits per heavy atom. The third kappa shape index (κ3) is 101. The minimum Gasteiger partial charge on any atom is -0.481 e. The highest BCUT2D eigenvalue weighted by atomic mass is 16.4. The first kappa shape index (κ1) is 31.9. The normalized spacial score (nSPS) is 8.15. The van der Waals surface area contributed by atoms with Gasteiger partial charge in [-0.2, -0.15) is 0 Å². The van der Waals surface area contributed by atoms with Crippen LogP contribution in [0.5, 0.6) is 0 Å². The monoisotopic (exact) mass is 393 g/mol. The average molecular weight is 393 g/mol. The molecule has 0 saturated heterocycles. The molecule has 0 aromatic carbocycles. The fraction of sp³-hybridized carbons (Fsp3) is 0.688. The lowest BCUT2D eigenvalue weighted by atomic mass is 10.1. The molecule has 11 nitrogen and oxygen atoms in total. The number of unbranched alkanes of at least 4 members (excludes halogenated alkanes) is 5. The van der Waals surface area contributed by atoms with Crippen LogP contribution >= 0.6 is 0 Å². The van der Waals surface area contributed by atoms with Gasteiger partial charge in [0, 0.05) is 27.3 Å². The van der Waals surface area contributed by atoms with Crippen molar-refractivity contribution in [2.24, 2.45) is 5.73 Å². The van der Waals surface area contributed by atoms with E-state index in [9.17, 15) is 0 Å². The lowest BCUT2D eigenvalue weighted by Crippen LogP contribution is -2.43. The molecule has 0 saturated carbocycles. The zero-order valence-corrected chi connectivity index (χ0v) is 16.6. The Kier molecular flexibility index (Phi) is 30.0. The highest BCUT2D eigenvalue weighted by molar-refractivity contribution is 5.94. The largest absolute Gasteiger partial charge is 0.481 e. The zero-order chi connectivity index (χ0) is 22.3. The summed E-state index contributed by atoms with van der Waals surface area (Å²) in [5.74, 6) is -2.59. The van der Waals surface area contributed by atoms with Gasteiger partial charge in [-0.05, 0) is 6.42 Å². The van der Waals surface area contributed by atoms with Gasteiger partial charge in [0.05, 0.1) is 0 Å². The van der Waals surface area contributed by atoms with Crippen LogP contribution < -0.4 is 16.4 Å². The number of rotatable bonds is 7. The second-order valence-electron chi connectivity index (χ2n) is 5.17. The summed E-state index contributed by atoms with van der Waals surface area (Å²) in [5, 5.41) is 41.7. The summed E-state index contributed by atoms with van der Waals surface area (Å²) in [7, 11) is 0. The van der Waals surface area contributed by atoms with Crippen molar-refractivity contribution >= 4 is 29.8 Å². The fourth-order valence-corrected chi connectivity index (χ4v) is 1.30. The third-order valence-corrected chi connectivity index (χ3v) is 2.09. The van der Waals surface area contributed by atoms with Gasteiger partial charge in [0.2, 0.25) is 0 Å². The minimum atomic E-state index is -0.833. The summed E-state index contributed by atoms with van der Waals surface area (Å²) in [4.78, 5) is 27.0.